The first kappa shape index (κ1) is 22.3. The minimum absolute atomic E-state index is 0.0800. The van der Waals surface area contributed by atoms with Crippen molar-refractivity contribution in [2.75, 3.05) is 19.6 Å². The monoisotopic (exact) mass is 460 g/mol. The van der Waals surface area contributed by atoms with E-state index in [1.54, 1.807) is 25.1 Å². The summed E-state index contributed by atoms with van der Waals surface area (Å²) in [6.07, 6.45) is 2.92. The molecule has 1 spiro atoms. The van der Waals surface area contributed by atoms with Gasteiger partial charge in [-0.15, -0.1) is 0 Å². The zero-order valence-electron chi connectivity index (χ0n) is 18.1. The zero-order chi connectivity index (χ0) is 22.2. The molecule has 1 amide bonds. The summed E-state index contributed by atoms with van der Waals surface area (Å²) in [6, 6.07) is 15.2. The molecule has 166 valence electrons. The third-order valence-electron chi connectivity index (χ3n) is 6.83. The fourth-order valence-electron chi connectivity index (χ4n) is 5.01. The van der Waals surface area contributed by atoms with Gasteiger partial charge in [0, 0.05) is 30.7 Å². The van der Waals surface area contributed by atoms with Gasteiger partial charge in [0.15, 0.2) is 0 Å². The van der Waals surface area contributed by atoms with Gasteiger partial charge in [-0.25, -0.2) is 8.42 Å². The van der Waals surface area contributed by atoms with Crippen LogP contribution in [0.1, 0.15) is 37.3 Å². The smallest absolute Gasteiger partial charge is 0.243 e. The van der Waals surface area contributed by atoms with E-state index in [-0.39, 0.29) is 23.4 Å². The largest absolute Gasteiger partial charge is 0.339 e. The molecule has 31 heavy (non-hydrogen) atoms. The molecule has 2 heterocycles. The zero-order valence-corrected chi connectivity index (χ0v) is 19.6. The Morgan fingerprint density at radius 2 is 1.81 bits per heavy atom. The molecule has 2 saturated heterocycles. The van der Waals surface area contributed by atoms with E-state index in [1.165, 1.54) is 9.87 Å². The fourth-order valence-corrected chi connectivity index (χ4v) is 7.06. The van der Waals surface area contributed by atoms with Crippen molar-refractivity contribution in [3.8, 4) is 0 Å². The Morgan fingerprint density at radius 3 is 2.55 bits per heavy atom. The number of hydrogen-bond acceptors (Lipinski definition) is 3. The third-order valence-corrected chi connectivity index (χ3v) is 9.23. The fraction of sp³-hybridized carbons (Fsp3) is 0.458. The van der Waals surface area contributed by atoms with Gasteiger partial charge in [-0.3, -0.25) is 4.79 Å². The summed E-state index contributed by atoms with van der Waals surface area (Å²) >= 11 is 6.18. The van der Waals surface area contributed by atoms with Crippen molar-refractivity contribution in [3.05, 3.63) is 64.7 Å². The summed E-state index contributed by atoms with van der Waals surface area (Å²) < 4.78 is 28.3. The normalized spacial score (nSPS) is 23.5. The van der Waals surface area contributed by atoms with Gasteiger partial charge in [0.2, 0.25) is 15.9 Å². The van der Waals surface area contributed by atoms with Crippen LogP contribution in [-0.2, 0) is 21.2 Å². The van der Waals surface area contributed by atoms with Crippen molar-refractivity contribution >= 4 is 27.5 Å². The van der Waals surface area contributed by atoms with Crippen molar-refractivity contribution in [1.29, 1.82) is 0 Å². The number of likely N-dealkylation sites (tertiary alicyclic amines) is 1. The number of amides is 1. The molecule has 2 aromatic rings. The lowest BCUT2D eigenvalue weighted by atomic mass is 9.79. The van der Waals surface area contributed by atoms with Crippen LogP contribution < -0.4 is 0 Å². The number of benzene rings is 2. The van der Waals surface area contributed by atoms with Crippen LogP contribution in [0.4, 0.5) is 0 Å². The number of hydrogen-bond donors (Lipinski definition) is 0. The van der Waals surface area contributed by atoms with Gasteiger partial charge >= 0.3 is 0 Å². The SMILES string of the molecule is Cc1c(Cl)cccc1S(=O)(=O)N1CCCC2(CCN(C(C)Cc3ccccc3)C2=O)C1. The molecule has 7 heteroatoms. The van der Waals surface area contributed by atoms with Gasteiger partial charge in [-0.2, -0.15) is 4.31 Å². The highest BCUT2D eigenvalue weighted by molar-refractivity contribution is 7.89. The van der Waals surface area contributed by atoms with Gasteiger partial charge in [0.1, 0.15) is 0 Å². The second-order valence-corrected chi connectivity index (χ2v) is 11.2. The van der Waals surface area contributed by atoms with Crippen LogP contribution in [0, 0.1) is 12.3 Å². The topological polar surface area (TPSA) is 57.7 Å². The molecule has 2 aliphatic rings. The van der Waals surface area contributed by atoms with E-state index < -0.39 is 15.4 Å². The van der Waals surface area contributed by atoms with Crippen LogP contribution in [-0.4, -0.2) is 49.2 Å². The average molecular weight is 461 g/mol. The molecule has 2 fully saturated rings. The Balaban J connectivity index is 1.54. The Hall–Kier alpha value is -1.89. The van der Waals surface area contributed by atoms with Gasteiger partial charge in [-0.1, -0.05) is 48.0 Å². The molecule has 0 bridgehead atoms. The minimum atomic E-state index is -3.71. The molecule has 0 radical (unpaired) electrons. The number of piperidine rings is 1. The van der Waals surface area contributed by atoms with Gasteiger partial charge in [0.25, 0.3) is 0 Å². The molecule has 2 unspecified atom stereocenters. The molecule has 2 aromatic carbocycles. The van der Waals surface area contributed by atoms with E-state index in [4.69, 9.17) is 11.6 Å². The minimum Gasteiger partial charge on any atom is -0.339 e. The summed E-state index contributed by atoms with van der Waals surface area (Å²) in [7, 11) is -3.71. The number of carbonyl (C=O) groups is 1. The second-order valence-electron chi connectivity index (χ2n) is 8.87. The van der Waals surface area contributed by atoms with E-state index in [1.807, 2.05) is 23.1 Å². The first-order valence-corrected chi connectivity index (χ1v) is 12.7. The summed E-state index contributed by atoms with van der Waals surface area (Å²) in [5, 5.41) is 0.436. The first-order chi connectivity index (χ1) is 14.7. The van der Waals surface area contributed by atoms with Crippen LogP contribution in [0.2, 0.25) is 5.02 Å². The maximum atomic E-state index is 13.5. The molecule has 0 N–H and O–H groups in total. The Kier molecular flexibility index (Phi) is 6.16. The lowest BCUT2D eigenvalue weighted by molar-refractivity contribution is -0.139. The predicted molar refractivity (Wildman–Crippen MR) is 123 cm³/mol. The molecule has 0 aliphatic carbocycles. The molecule has 4 rings (SSSR count). The maximum Gasteiger partial charge on any atom is 0.243 e. The van der Waals surface area contributed by atoms with E-state index in [0.29, 0.717) is 36.5 Å². The lowest BCUT2D eigenvalue weighted by Gasteiger charge is -2.39. The lowest BCUT2D eigenvalue weighted by Crippen LogP contribution is -2.50. The molecular weight excluding hydrogens is 432 g/mol. The Labute approximate surface area is 190 Å². The van der Waals surface area contributed by atoms with Crippen LogP contribution in [0.15, 0.2) is 53.4 Å². The van der Waals surface area contributed by atoms with Crippen LogP contribution in [0.5, 0.6) is 0 Å². The number of halogens is 1. The van der Waals surface area contributed by atoms with Gasteiger partial charge in [-0.05, 0) is 62.8 Å². The predicted octanol–water partition coefficient (Wildman–Crippen LogP) is 4.28. The van der Waals surface area contributed by atoms with E-state index in [0.717, 1.165) is 12.8 Å². The highest BCUT2D eigenvalue weighted by atomic mass is 35.5. The van der Waals surface area contributed by atoms with Crippen molar-refractivity contribution in [2.24, 2.45) is 5.41 Å². The Morgan fingerprint density at radius 1 is 1.06 bits per heavy atom. The van der Waals surface area contributed by atoms with Crippen LogP contribution in [0.3, 0.4) is 0 Å². The number of sulfonamides is 1. The standard InChI is InChI=1S/C24H29ClN2O3S/c1-18(16-20-8-4-3-5-9-20)27-15-13-24(23(27)28)12-7-14-26(17-24)31(29,30)22-11-6-10-21(25)19(22)2/h3-6,8-11,18H,7,12-17H2,1-2H3. The molecule has 0 saturated carbocycles. The number of nitrogens with zero attached hydrogens (tertiary/aromatic N) is 2. The average Bonchev–Trinajstić information content (AvgIpc) is 3.06. The summed E-state index contributed by atoms with van der Waals surface area (Å²) in [6.45, 7) is 5.16. The molecule has 0 aromatic heterocycles. The van der Waals surface area contributed by atoms with Crippen molar-refractivity contribution in [2.45, 2.75) is 50.5 Å². The van der Waals surface area contributed by atoms with Crippen molar-refractivity contribution in [3.63, 3.8) is 0 Å². The summed E-state index contributed by atoms with van der Waals surface area (Å²) in [5.74, 6) is 0.0960. The van der Waals surface area contributed by atoms with Crippen LogP contribution >= 0.6 is 11.6 Å². The maximum absolute atomic E-state index is 13.5. The Bertz CT molecular complexity index is 1070. The second kappa shape index (κ2) is 8.57. The highest BCUT2D eigenvalue weighted by Gasteiger charge is 2.51. The highest BCUT2D eigenvalue weighted by Crippen LogP contribution is 2.42. The van der Waals surface area contributed by atoms with Crippen LogP contribution in [0.25, 0.3) is 0 Å². The number of rotatable bonds is 5. The quantitative estimate of drug-likeness (QED) is 0.669. The van der Waals surface area contributed by atoms with E-state index in [2.05, 4.69) is 19.1 Å². The molecule has 2 aliphatic heterocycles. The molecular formula is C24H29ClN2O3S. The van der Waals surface area contributed by atoms with Gasteiger partial charge in [0.05, 0.1) is 10.3 Å². The van der Waals surface area contributed by atoms with Crippen molar-refractivity contribution in [1.82, 2.24) is 9.21 Å². The number of carbonyl (C=O) groups excluding carboxylic acids is 1. The third kappa shape index (κ3) is 4.13. The van der Waals surface area contributed by atoms with Gasteiger partial charge < -0.3 is 4.90 Å². The summed E-state index contributed by atoms with van der Waals surface area (Å²) in [4.78, 5) is 15.7. The first-order valence-electron chi connectivity index (χ1n) is 10.8. The van der Waals surface area contributed by atoms with Crippen molar-refractivity contribution < 1.29 is 13.2 Å². The van der Waals surface area contributed by atoms with E-state index >= 15 is 0 Å². The molecule has 5 nitrogen and oxygen atoms in total. The van der Waals surface area contributed by atoms with E-state index in [9.17, 15) is 13.2 Å². The summed E-state index contributed by atoms with van der Waals surface area (Å²) in [5.41, 5.74) is 1.13. The molecule has 2 atom stereocenters.